The maximum Gasteiger partial charge on any atom is 0.230 e. The van der Waals surface area contributed by atoms with Crippen molar-refractivity contribution in [2.24, 2.45) is 0 Å². The van der Waals surface area contributed by atoms with Gasteiger partial charge < -0.3 is 14.8 Å². The van der Waals surface area contributed by atoms with Crippen LogP contribution in [0.25, 0.3) is 0 Å². The molecule has 4 nitrogen and oxygen atoms in total. The molecule has 0 aliphatic heterocycles. The van der Waals surface area contributed by atoms with Gasteiger partial charge in [0.25, 0.3) is 0 Å². The molecule has 1 amide bonds. The van der Waals surface area contributed by atoms with E-state index in [-0.39, 0.29) is 5.91 Å². The van der Waals surface area contributed by atoms with Crippen LogP contribution in [0, 0.1) is 0 Å². The maximum atomic E-state index is 12.1. The van der Waals surface area contributed by atoms with Crippen LogP contribution in [-0.4, -0.2) is 24.9 Å². The highest BCUT2D eigenvalue weighted by Gasteiger charge is 2.08. The van der Waals surface area contributed by atoms with Gasteiger partial charge in [0.1, 0.15) is 0 Å². The summed E-state index contributed by atoms with van der Waals surface area (Å²) >= 11 is 13.5. The molecule has 0 spiro atoms. The third-order valence-electron chi connectivity index (χ3n) is 3.60. The highest BCUT2D eigenvalue weighted by Crippen LogP contribution is 2.28. The van der Waals surface area contributed by atoms with Crippen LogP contribution in [0.2, 0.25) is 10.0 Å². The third-order valence-corrected chi connectivity index (χ3v) is 5.17. The van der Waals surface area contributed by atoms with E-state index in [1.54, 1.807) is 12.1 Å². The van der Waals surface area contributed by atoms with Crippen LogP contribution >= 0.6 is 35.0 Å². The molecule has 0 saturated carbocycles. The molecule has 146 valence electrons. The molecule has 2 aromatic carbocycles. The molecule has 0 aromatic heterocycles. The van der Waals surface area contributed by atoms with Gasteiger partial charge in [0.05, 0.1) is 19.0 Å². The minimum absolute atomic E-state index is 0.0306. The van der Waals surface area contributed by atoms with Crippen molar-refractivity contribution in [2.45, 2.75) is 26.1 Å². The minimum Gasteiger partial charge on any atom is -0.490 e. The Morgan fingerprint density at radius 2 is 1.78 bits per heavy atom. The molecule has 0 radical (unpaired) electrons. The summed E-state index contributed by atoms with van der Waals surface area (Å²) < 4.78 is 11.2. The zero-order valence-electron chi connectivity index (χ0n) is 15.4. The van der Waals surface area contributed by atoms with Gasteiger partial charge in [-0.1, -0.05) is 35.3 Å². The summed E-state index contributed by atoms with van der Waals surface area (Å²) in [4.78, 5) is 12.1. The highest BCUT2D eigenvalue weighted by atomic mass is 35.5. The summed E-state index contributed by atoms with van der Waals surface area (Å²) in [7, 11) is 0. The molecule has 0 aliphatic carbocycles. The summed E-state index contributed by atoms with van der Waals surface area (Å²) in [5.41, 5.74) is 1.92. The molecule has 0 unspecified atom stereocenters. The first kappa shape index (κ1) is 21.7. The van der Waals surface area contributed by atoms with Crippen molar-refractivity contribution in [3.63, 3.8) is 0 Å². The van der Waals surface area contributed by atoms with Crippen molar-refractivity contribution >= 4 is 40.9 Å². The monoisotopic (exact) mass is 427 g/mol. The Labute approximate surface area is 174 Å². The Morgan fingerprint density at radius 3 is 2.48 bits per heavy atom. The van der Waals surface area contributed by atoms with Crippen LogP contribution in [0.3, 0.4) is 0 Å². The van der Waals surface area contributed by atoms with Crippen molar-refractivity contribution < 1.29 is 14.3 Å². The fourth-order valence-corrected chi connectivity index (χ4v) is 3.77. The highest BCUT2D eigenvalue weighted by molar-refractivity contribution is 7.99. The van der Waals surface area contributed by atoms with Gasteiger partial charge in [-0.3, -0.25) is 4.79 Å². The standard InChI is InChI=1S/C20H23Cl2NO3S/c1-3-25-18-8-5-14(9-19(18)26-4-2)11-23-20(24)13-27-12-15-6-7-16(21)10-17(15)22/h5-10H,3-4,11-13H2,1-2H3,(H,23,24). The Hall–Kier alpha value is -1.56. The molecule has 0 aliphatic rings. The predicted molar refractivity (Wildman–Crippen MR) is 113 cm³/mol. The fraction of sp³-hybridized carbons (Fsp3) is 0.350. The van der Waals surface area contributed by atoms with Crippen LogP contribution < -0.4 is 14.8 Å². The smallest absolute Gasteiger partial charge is 0.230 e. The van der Waals surface area contributed by atoms with Crippen LogP contribution in [-0.2, 0) is 17.1 Å². The number of amides is 1. The molecule has 0 heterocycles. The molecule has 2 rings (SSSR count). The summed E-state index contributed by atoms with van der Waals surface area (Å²) in [6.07, 6.45) is 0. The second-order valence-electron chi connectivity index (χ2n) is 5.65. The Morgan fingerprint density at radius 1 is 1.04 bits per heavy atom. The Bertz CT molecular complexity index is 771. The number of carbonyl (C=O) groups excluding carboxylic acids is 1. The molecule has 0 bridgehead atoms. The van der Waals surface area contributed by atoms with Gasteiger partial charge in [0.15, 0.2) is 11.5 Å². The van der Waals surface area contributed by atoms with Crippen LogP contribution in [0.4, 0.5) is 0 Å². The van der Waals surface area contributed by atoms with Crippen molar-refractivity contribution in [3.05, 3.63) is 57.6 Å². The number of benzene rings is 2. The second kappa shape index (κ2) is 11.3. The summed E-state index contributed by atoms with van der Waals surface area (Å²) in [5, 5.41) is 4.14. The van der Waals surface area contributed by atoms with Gasteiger partial charge in [-0.25, -0.2) is 0 Å². The van der Waals surface area contributed by atoms with Crippen LogP contribution in [0.15, 0.2) is 36.4 Å². The van der Waals surface area contributed by atoms with E-state index < -0.39 is 0 Å². The molecular weight excluding hydrogens is 405 g/mol. The van der Waals surface area contributed by atoms with E-state index in [0.717, 1.165) is 11.1 Å². The zero-order chi connectivity index (χ0) is 19.6. The summed E-state index contributed by atoms with van der Waals surface area (Å²) in [5.74, 6) is 2.38. The predicted octanol–water partition coefficient (Wildman–Crippen LogP) is 5.34. The quantitative estimate of drug-likeness (QED) is 0.555. The van der Waals surface area contributed by atoms with Gasteiger partial charge in [-0.2, -0.15) is 0 Å². The van der Waals surface area contributed by atoms with Gasteiger partial charge in [0, 0.05) is 22.3 Å². The maximum absolute atomic E-state index is 12.1. The summed E-state index contributed by atoms with van der Waals surface area (Å²) in [6.45, 7) is 5.42. The molecule has 0 atom stereocenters. The topological polar surface area (TPSA) is 47.6 Å². The number of nitrogens with one attached hydrogen (secondary N) is 1. The first-order valence-corrected chi connectivity index (χ1v) is 10.6. The van der Waals surface area contributed by atoms with E-state index >= 15 is 0 Å². The third kappa shape index (κ3) is 7.17. The zero-order valence-corrected chi connectivity index (χ0v) is 17.7. The van der Waals surface area contributed by atoms with Crippen molar-refractivity contribution in [1.29, 1.82) is 0 Å². The second-order valence-corrected chi connectivity index (χ2v) is 7.48. The number of ether oxygens (including phenoxy) is 2. The van der Waals surface area contributed by atoms with E-state index in [4.69, 9.17) is 32.7 Å². The van der Waals surface area contributed by atoms with E-state index in [9.17, 15) is 4.79 Å². The van der Waals surface area contributed by atoms with Gasteiger partial charge in [-0.15, -0.1) is 11.8 Å². The number of hydrogen-bond donors (Lipinski definition) is 1. The lowest BCUT2D eigenvalue weighted by Gasteiger charge is -2.13. The molecule has 0 fully saturated rings. The lowest BCUT2D eigenvalue weighted by Crippen LogP contribution is -2.24. The van der Waals surface area contributed by atoms with E-state index in [2.05, 4.69) is 5.32 Å². The SMILES string of the molecule is CCOc1ccc(CNC(=O)CSCc2ccc(Cl)cc2Cl)cc1OCC. The number of halogens is 2. The fourth-order valence-electron chi connectivity index (χ4n) is 2.35. The van der Waals surface area contributed by atoms with E-state index in [0.29, 0.717) is 52.8 Å². The van der Waals surface area contributed by atoms with Gasteiger partial charge in [-0.05, 0) is 49.2 Å². The van der Waals surface area contributed by atoms with Crippen LogP contribution in [0.1, 0.15) is 25.0 Å². The first-order chi connectivity index (χ1) is 13.0. The largest absolute Gasteiger partial charge is 0.490 e. The van der Waals surface area contributed by atoms with Crippen LogP contribution in [0.5, 0.6) is 11.5 Å². The molecule has 0 saturated heterocycles. The van der Waals surface area contributed by atoms with E-state index in [1.807, 2.05) is 38.1 Å². The number of hydrogen-bond acceptors (Lipinski definition) is 4. The number of thioether (sulfide) groups is 1. The van der Waals surface area contributed by atoms with Gasteiger partial charge in [0.2, 0.25) is 5.91 Å². The van der Waals surface area contributed by atoms with Crippen molar-refractivity contribution in [3.8, 4) is 11.5 Å². The average molecular weight is 428 g/mol. The van der Waals surface area contributed by atoms with E-state index in [1.165, 1.54) is 11.8 Å². The van der Waals surface area contributed by atoms with Crippen molar-refractivity contribution in [2.75, 3.05) is 19.0 Å². The molecule has 2 aromatic rings. The lowest BCUT2D eigenvalue weighted by atomic mass is 10.2. The minimum atomic E-state index is -0.0306. The number of rotatable bonds is 10. The Balaban J connectivity index is 1.81. The average Bonchev–Trinajstić information content (AvgIpc) is 2.64. The Kier molecular flexibility index (Phi) is 9.11. The lowest BCUT2D eigenvalue weighted by molar-refractivity contribution is -0.118. The van der Waals surface area contributed by atoms with Crippen molar-refractivity contribution in [1.82, 2.24) is 5.32 Å². The normalized spacial score (nSPS) is 10.5. The number of carbonyl (C=O) groups is 1. The molecule has 7 heteroatoms. The summed E-state index contributed by atoms with van der Waals surface area (Å²) in [6, 6.07) is 11.1. The van der Waals surface area contributed by atoms with Gasteiger partial charge >= 0.3 is 0 Å². The first-order valence-electron chi connectivity index (χ1n) is 8.70. The molecule has 27 heavy (non-hydrogen) atoms. The molecule has 1 N–H and O–H groups in total. The molecular formula is C20H23Cl2NO3S.